The molecule has 1 aromatic carbocycles. The molecule has 21 heavy (non-hydrogen) atoms. The lowest BCUT2D eigenvalue weighted by Gasteiger charge is -2.01. The molecule has 1 aromatic heterocycles. The molecule has 0 bridgehead atoms. The van der Waals surface area contributed by atoms with E-state index in [-0.39, 0.29) is 5.91 Å². The smallest absolute Gasteiger partial charge is 0.244 e. The van der Waals surface area contributed by atoms with Gasteiger partial charge in [0.2, 0.25) is 5.91 Å². The fourth-order valence-corrected chi connectivity index (χ4v) is 2.97. The average molecular weight is 319 g/mol. The summed E-state index contributed by atoms with van der Waals surface area (Å²) in [5.74, 6) is 2.61. The Kier molecular flexibility index (Phi) is 7.04. The van der Waals surface area contributed by atoms with Crippen molar-refractivity contribution < 1.29 is 9.21 Å². The molecule has 0 radical (unpaired) electrons. The van der Waals surface area contributed by atoms with Crippen LogP contribution >= 0.6 is 23.5 Å². The molecule has 0 aliphatic rings. The van der Waals surface area contributed by atoms with Gasteiger partial charge in [-0.05, 0) is 29.7 Å². The molecule has 0 aliphatic heterocycles. The number of amides is 1. The number of carbonyl (C=O) groups excluding carboxylic acids is 1. The quantitative estimate of drug-likeness (QED) is 0.455. The summed E-state index contributed by atoms with van der Waals surface area (Å²) >= 11 is 3.27. The van der Waals surface area contributed by atoms with Crippen LogP contribution in [0.2, 0.25) is 0 Å². The Labute approximate surface area is 133 Å². The van der Waals surface area contributed by atoms with E-state index >= 15 is 0 Å². The zero-order valence-corrected chi connectivity index (χ0v) is 13.2. The zero-order valence-electron chi connectivity index (χ0n) is 11.5. The maximum atomic E-state index is 11.6. The summed E-state index contributed by atoms with van der Waals surface area (Å²) in [6, 6.07) is 13.8. The van der Waals surface area contributed by atoms with E-state index in [1.807, 2.05) is 42.5 Å². The van der Waals surface area contributed by atoms with E-state index in [0.717, 1.165) is 22.2 Å². The van der Waals surface area contributed by atoms with E-state index in [2.05, 4.69) is 5.32 Å². The Morgan fingerprint density at radius 1 is 1.19 bits per heavy atom. The summed E-state index contributed by atoms with van der Waals surface area (Å²) in [5.41, 5.74) is 0. The molecule has 110 valence electrons. The summed E-state index contributed by atoms with van der Waals surface area (Å²) in [6.07, 6.45) is 3.24. The van der Waals surface area contributed by atoms with Crippen LogP contribution in [0.25, 0.3) is 0 Å². The van der Waals surface area contributed by atoms with Crippen LogP contribution in [-0.4, -0.2) is 18.2 Å². The fourth-order valence-electron chi connectivity index (χ4n) is 1.55. The van der Waals surface area contributed by atoms with Crippen LogP contribution in [0.1, 0.15) is 5.76 Å². The first kappa shape index (κ1) is 15.8. The van der Waals surface area contributed by atoms with Crippen LogP contribution in [0.5, 0.6) is 0 Å². The van der Waals surface area contributed by atoms with Crippen LogP contribution in [-0.2, 0) is 10.5 Å². The predicted octanol–water partition coefficient (Wildman–Crippen LogP) is 3.94. The third-order valence-corrected chi connectivity index (χ3v) is 4.33. The Hall–Kier alpha value is -1.59. The van der Waals surface area contributed by atoms with Gasteiger partial charge in [0.05, 0.1) is 12.0 Å². The van der Waals surface area contributed by atoms with Gasteiger partial charge in [0.1, 0.15) is 5.76 Å². The lowest BCUT2D eigenvalue weighted by Crippen LogP contribution is -2.23. The number of thioether (sulfide) groups is 2. The summed E-state index contributed by atoms with van der Waals surface area (Å²) in [7, 11) is 0. The van der Waals surface area contributed by atoms with Crippen LogP contribution in [0.15, 0.2) is 69.5 Å². The first-order chi connectivity index (χ1) is 10.3. The highest BCUT2D eigenvalue weighted by atomic mass is 32.2. The number of hydrogen-bond donors (Lipinski definition) is 1. The van der Waals surface area contributed by atoms with E-state index in [9.17, 15) is 4.79 Å². The normalized spacial score (nSPS) is 10.9. The van der Waals surface area contributed by atoms with Gasteiger partial charge >= 0.3 is 0 Å². The highest BCUT2D eigenvalue weighted by molar-refractivity contribution is 8.02. The number of carbonyl (C=O) groups is 1. The maximum absolute atomic E-state index is 11.6. The molecule has 0 aliphatic carbocycles. The third-order valence-electron chi connectivity index (χ3n) is 2.54. The SMILES string of the molecule is O=C(/C=C/Sc1ccccc1)NCCSCc1ccco1. The zero-order chi connectivity index (χ0) is 14.8. The van der Waals surface area contributed by atoms with Gasteiger partial charge < -0.3 is 9.73 Å². The van der Waals surface area contributed by atoms with Gasteiger partial charge in [0, 0.05) is 23.3 Å². The van der Waals surface area contributed by atoms with E-state index < -0.39 is 0 Å². The molecule has 2 aromatic rings. The van der Waals surface area contributed by atoms with E-state index in [4.69, 9.17) is 4.42 Å². The highest BCUT2D eigenvalue weighted by Gasteiger charge is 1.97. The Morgan fingerprint density at radius 2 is 2.05 bits per heavy atom. The van der Waals surface area contributed by atoms with Crippen molar-refractivity contribution in [2.45, 2.75) is 10.6 Å². The Morgan fingerprint density at radius 3 is 2.81 bits per heavy atom. The lowest BCUT2D eigenvalue weighted by atomic mass is 10.4. The molecule has 5 heteroatoms. The topological polar surface area (TPSA) is 42.2 Å². The number of furan rings is 1. The minimum Gasteiger partial charge on any atom is -0.468 e. The summed E-state index contributed by atoms with van der Waals surface area (Å²) < 4.78 is 5.23. The standard InChI is InChI=1S/C16H17NO2S2/c18-16(8-11-21-15-6-2-1-3-7-15)17-9-12-20-13-14-5-4-10-19-14/h1-8,10-11H,9,12-13H2,(H,17,18)/b11-8+. The molecule has 3 nitrogen and oxygen atoms in total. The van der Waals surface area contributed by atoms with Crippen LogP contribution in [0.3, 0.4) is 0 Å². The van der Waals surface area contributed by atoms with Gasteiger partial charge in [-0.1, -0.05) is 30.0 Å². The van der Waals surface area contributed by atoms with Crippen molar-refractivity contribution in [1.29, 1.82) is 0 Å². The number of nitrogens with one attached hydrogen (secondary N) is 1. The largest absolute Gasteiger partial charge is 0.468 e. The van der Waals surface area contributed by atoms with E-state index in [0.29, 0.717) is 6.54 Å². The van der Waals surface area contributed by atoms with E-state index in [1.165, 1.54) is 11.8 Å². The summed E-state index contributed by atoms with van der Waals surface area (Å²) in [5, 5.41) is 4.66. The lowest BCUT2D eigenvalue weighted by molar-refractivity contribution is -0.116. The Bertz CT molecular complexity index is 553. The molecular formula is C16H17NO2S2. The first-order valence-corrected chi connectivity index (χ1v) is 8.64. The molecule has 0 atom stereocenters. The number of rotatable bonds is 8. The minimum absolute atomic E-state index is 0.0583. The number of hydrogen-bond acceptors (Lipinski definition) is 4. The second-order valence-corrected chi connectivity index (χ2v) is 6.24. The van der Waals surface area contributed by atoms with Crippen molar-refractivity contribution >= 4 is 29.4 Å². The second kappa shape index (κ2) is 9.37. The van der Waals surface area contributed by atoms with E-state index in [1.54, 1.807) is 29.5 Å². The minimum atomic E-state index is -0.0583. The highest BCUT2D eigenvalue weighted by Crippen LogP contribution is 2.17. The molecule has 0 unspecified atom stereocenters. The van der Waals surface area contributed by atoms with Gasteiger partial charge in [-0.25, -0.2) is 0 Å². The first-order valence-electron chi connectivity index (χ1n) is 6.61. The van der Waals surface area contributed by atoms with Gasteiger partial charge in [0.15, 0.2) is 0 Å². The Balaban J connectivity index is 1.55. The fraction of sp³-hybridized carbons (Fsp3) is 0.188. The van der Waals surface area contributed by atoms with Crippen LogP contribution in [0, 0.1) is 0 Å². The summed E-state index contributed by atoms with van der Waals surface area (Å²) in [4.78, 5) is 12.7. The van der Waals surface area contributed by atoms with Crippen molar-refractivity contribution in [3.8, 4) is 0 Å². The van der Waals surface area contributed by atoms with Gasteiger partial charge in [0.25, 0.3) is 0 Å². The maximum Gasteiger partial charge on any atom is 0.244 e. The average Bonchev–Trinajstić information content (AvgIpc) is 3.01. The van der Waals surface area contributed by atoms with Gasteiger partial charge in [-0.3, -0.25) is 4.79 Å². The molecule has 1 N–H and O–H groups in total. The molecular weight excluding hydrogens is 302 g/mol. The number of benzene rings is 1. The third kappa shape index (κ3) is 6.60. The molecule has 0 saturated carbocycles. The molecule has 2 rings (SSSR count). The van der Waals surface area contributed by atoms with Crippen LogP contribution in [0.4, 0.5) is 0 Å². The van der Waals surface area contributed by atoms with Crippen molar-refractivity contribution in [3.05, 3.63) is 66.0 Å². The van der Waals surface area contributed by atoms with Crippen LogP contribution < -0.4 is 5.32 Å². The van der Waals surface area contributed by atoms with Crippen molar-refractivity contribution in [1.82, 2.24) is 5.32 Å². The molecule has 0 fully saturated rings. The van der Waals surface area contributed by atoms with Crippen molar-refractivity contribution in [3.63, 3.8) is 0 Å². The van der Waals surface area contributed by atoms with Gasteiger partial charge in [-0.15, -0.1) is 0 Å². The molecule has 0 saturated heterocycles. The summed E-state index contributed by atoms with van der Waals surface area (Å²) in [6.45, 7) is 0.657. The molecule has 1 heterocycles. The predicted molar refractivity (Wildman–Crippen MR) is 89.3 cm³/mol. The second-order valence-electron chi connectivity index (χ2n) is 4.16. The molecule has 0 spiro atoms. The van der Waals surface area contributed by atoms with Crippen molar-refractivity contribution in [2.24, 2.45) is 0 Å². The van der Waals surface area contributed by atoms with Gasteiger partial charge in [-0.2, -0.15) is 11.8 Å². The monoisotopic (exact) mass is 319 g/mol. The molecule has 1 amide bonds. The van der Waals surface area contributed by atoms with Crippen molar-refractivity contribution in [2.75, 3.05) is 12.3 Å².